The van der Waals surface area contributed by atoms with Crippen LogP contribution in [-0.2, 0) is 0 Å². The summed E-state index contributed by atoms with van der Waals surface area (Å²) >= 11 is 10.1. The average Bonchev–Trinajstić information content (AvgIpc) is 3.04. The predicted molar refractivity (Wildman–Crippen MR) is 110 cm³/mol. The number of anilines is 1. The standard InChI is InChI=1S/C18H14BrN3OS2/c1-11-4-2-3-5-14(11)16(23)21-17(24)22-18-20-15(10-25-18)12-6-8-13(19)9-7-12/h2-10H,1H3,(H2,20,21,22,23,24). The van der Waals surface area contributed by atoms with Crippen molar-refractivity contribution in [1.29, 1.82) is 0 Å². The molecule has 25 heavy (non-hydrogen) atoms. The first kappa shape index (κ1) is 17.7. The summed E-state index contributed by atoms with van der Waals surface area (Å²) in [5.41, 5.74) is 3.37. The molecule has 3 rings (SSSR count). The zero-order valence-electron chi connectivity index (χ0n) is 13.2. The van der Waals surface area contributed by atoms with Gasteiger partial charge in [-0.25, -0.2) is 4.98 Å². The van der Waals surface area contributed by atoms with Crippen LogP contribution in [0.4, 0.5) is 5.13 Å². The fourth-order valence-electron chi connectivity index (χ4n) is 2.21. The molecule has 2 N–H and O–H groups in total. The second kappa shape index (κ2) is 7.86. The van der Waals surface area contributed by atoms with E-state index in [-0.39, 0.29) is 11.0 Å². The molecule has 126 valence electrons. The summed E-state index contributed by atoms with van der Waals surface area (Å²) < 4.78 is 1.02. The van der Waals surface area contributed by atoms with Crippen LogP contribution in [0.1, 0.15) is 15.9 Å². The maximum atomic E-state index is 12.3. The van der Waals surface area contributed by atoms with Crippen LogP contribution in [-0.4, -0.2) is 16.0 Å². The van der Waals surface area contributed by atoms with Gasteiger partial charge < -0.3 is 5.32 Å². The fourth-order valence-corrected chi connectivity index (χ4v) is 3.45. The third kappa shape index (κ3) is 4.50. The number of carbonyl (C=O) groups excluding carboxylic acids is 1. The molecule has 1 aromatic heterocycles. The molecule has 0 unspecified atom stereocenters. The number of rotatable bonds is 3. The highest BCUT2D eigenvalue weighted by molar-refractivity contribution is 9.10. The first-order valence-corrected chi connectivity index (χ1v) is 9.50. The Bertz CT molecular complexity index is 922. The van der Waals surface area contributed by atoms with Crippen LogP contribution >= 0.6 is 39.5 Å². The lowest BCUT2D eigenvalue weighted by atomic mass is 10.1. The molecule has 0 radical (unpaired) electrons. The lowest BCUT2D eigenvalue weighted by Crippen LogP contribution is -2.34. The molecular weight excluding hydrogens is 418 g/mol. The van der Waals surface area contributed by atoms with Crippen LogP contribution in [0.2, 0.25) is 0 Å². The monoisotopic (exact) mass is 431 g/mol. The smallest absolute Gasteiger partial charge is 0.257 e. The molecule has 0 aliphatic rings. The van der Waals surface area contributed by atoms with E-state index in [4.69, 9.17) is 12.2 Å². The normalized spacial score (nSPS) is 10.3. The van der Waals surface area contributed by atoms with Gasteiger partial charge in [-0.1, -0.05) is 46.3 Å². The molecule has 1 heterocycles. The van der Waals surface area contributed by atoms with E-state index in [0.717, 1.165) is 21.3 Å². The highest BCUT2D eigenvalue weighted by Gasteiger charge is 2.11. The van der Waals surface area contributed by atoms with Crippen LogP contribution in [0.15, 0.2) is 58.4 Å². The second-order valence-corrected chi connectivity index (χ2v) is 7.45. The van der Waals surface area contributed by atoms with Gasteiger partial charge in [0.2, 0.25) is 0 Å². The fraction of sp³-hybridized carbons (Fsp3) is 0.0556. The number of hydrogen-bond donors (Lipinski definition) is 2. The predicted octanol–water partition coefficient (Wildman–Crippen LogP) is 5.01. The van der Waals surface area contributed by atoms with E-state index in [2.05, 4.69) is 31.5 Å². The van der Waals surface area contributed by atoms with E-state index >= 15 is 0 Å². The van der Waals surface area contributed by atoms with Crippen molar-refractivity contribution < 1.29 is 4.79 Å². The quantitative estimate of drug-likeness (QED) is 0.572. The van der Waals surface area contributed by atoms with E-state index in [0.29, 0.717) is 10.7 Å². The zero-order valence-corrected chi connectivity index (χ0v) is 16.5. The van der Waals surface area contributed by atoms with Crippen LogP contribution in [0.3, 0.4) is 0 Å². The molecule has 4 nitrogen and oxygen atoms in total. The molecule has 0 atom stereocenters. The molecule has 0 saturated heterocycles. The van der Waals surface area contributed by atoms with Crippen molar-refractivity contribution in [2.75, 3.05) is 5.32 Å². The number of amides is 1. The number of nitrogens with one attached hydrogen (secondary N) is 2. The van der Waals surface area contributed by atoms with E-state index in [1.54, 1.807) is 6.07 Å². The second-order valence-electron chi connectivity index (χ2n) is 5.27. The highest BCUT2D eigenvalue weighted by atomic mass is 79.9. The van der Waals surface area contributed by atoms with Crippen molar-refractivity contribution in [3.63, 3.8) is 0 Å². The van der Waals surface area contributed by atoms with E-state index in [9.17, 15) is 4.79 Å². The summed E-state index contributed by atoms with van der Waals surface area (Å²) in [5, 5.41) is 8.45. The molecule has 3 aromatic rings. The van der Waals surface area contributed by atoms with Crippen molar-refractivity contribution in [1.82, 2.24) is 10.3 Å². The van der Waals surface area contributed by atoms with Crippen LogP contribution in [0, 0.1) is 6.92 Å². The molecule has 0 saturated carbocycles. The number of aromatic nitrogens is 1. The van der Waals surface area contributed by atoms with Gasteiger partial charge in [0.15, 0.2) is 10.2 Å². The third-order valence-corrected chi connectivity index (χ3v) is 4.97. The van der Waals surface area contributed by atoms with E-state index < -0.39 is 0 Å². The summed E-state index contributed by atoms with van der Waals surface area (Å²) in [4.78, 5) is 16.8. The van der Waals surface area contributed by atoms with Crippen molar-refractivity contribution in [3.05, 3.63) is 69.5 Å². The topological polar surface area (TPSA) is 54.0 Å². The van der Waals surface area contributed by atoms with Gasteiger partial charge in [0.1, 0.15) is 0 Å². The Labute approximate surface area is 163 Å². The minimum absolute atomic E-state index is 0.227. The number of benzene rings is 2. The third-order valence-electron chi connectivity index (χ3n) is 3.48. The van der Waals surface area contributed by atoms with Crippen molar-refractivity contribution in [2.45, 2.75) is 6.92 Å². The summed E-state index contributed by atoms with van der Waals surface area (Å²) in [6.07, 6.45) is 0. The van der Waals surface area contributed by atoms with E-state index in [1.807, 2.05) is 54.8 Å². The molecular formula is C18H14BrN3OS2. The van der Waals surface area contributed by atoms with Gasteiger partial charge >= 0.3 is 0 Å². The maximum absolute atomic E-state index is 12.3. The minimum Gasteiger partial charge on any atom is -0.308 e. The summed E-state index contributed by atoms with van der Waals surface area (Å²) in [6.45, 7) is 1.89. The van der Waals surface area contributed by atoms with Gasteiger partial charge in [-0.15, -0.1) is 11.3 Å². The Morgan fingerprint density at radius 1 is 1.16 bits per heavy atom. The van der Waals surface area contributed by atoms with E-state index in [1.165, 1.54) is 11.3 Å². The van der Waals surface area contributed by atoms with Gasteiger partial charge in [0, 0.05) is 21.0 Å². The van der Waals surface area contributed by atoms with Crippen molar-refractivity contribution >= 4 is 55.6 Å². The Morgan fingerprint density at radius 2 is 1.88 bits per heavy atom. The Hall–Kier alpha value is -2.09. The van der Waals surface area contributed by atoms with Crippen molar-refractivity contribution in [2.24, 2.45) is 0 Å². The van der Waals surface area contributed by atoms with Crippen LogP contribution in [0.25, 0.3) is 11.3 Å². The number of aryl methyl sites for hydroxylation is 1. The molecule has 2 aromatic carbocycles. The van der Waals surface area contributed by atoms with Crippen LogP contribution < -0.4 is 10.6 Å². The highest BCUT2D eigenvalue weighted by Crippen LogP contribution is 2.26. The Morgan fingerprint density at radius 3 is 2.60 bits per heavy atom. The van der Waals surface area contributed by atoms with Gasteiger partial charge in [-0.2, -0.15) is 0 Å². The summed E-state index contributed by atoms with van der Waals surface area (Å²) in [5.74, 6) is -0.236. The van der Waals surface area contributed by atoms with Crippen molar-refractivity contribution in [3.8, 4) is 11.3 Å². The van der Waals surface area contributed by atoms with Gasteiger partial charge in [-0.05, 0) is 42.9 Å². The molecule has 0 aliphatic carbocycles. The molecule has 0 aliphatic heterocycles. The Kier molecular flexibility index (Phi) is 5.57. The number of nitrogens with zero attached hydrogens (tertiary/aromatic N) is 1. The maximum Gasteiger partial charge on any atom is 0.257 e. The minimum atomic E-state index is -0.236. The number of thiocarbonyl (C=S) groups is 1. The number of hydrogen-bond acceptors (Lipinski definition) is 4. The average molecular weight is 432 g/mol. The first-order chi connectivity index (χ1) is 12.0. The molecule has 1 amide bonds. The number of carbonyl (C=O) groups is 1. The lowest BCUT2D eigenvalue weighted by molar-refractivity contribution is 0.0977. The SMILES string of the molecule is Cc1ccccc1C(=O)NC(=S)Nc1nc(-c2ccc(Br)cc2)cs1. The number of thiazole rings is 1. The number of halogens is 1. The van der Waals surface area contributed by atoms with Gasteiger partial charge in [0.05, 0.1) is 5.69 Å². The van der Waals surface area contributed by atoms with Gasteiger partial charge in [-0.3, -0.25) is 10.1 Å². The zero-order chi connectivity index (χ0) is 17.8. The first-order valence-electron chi connectivity index (χ1n) is 7.42. The largest absolute Gasteiger partial charge is 0.308 e. The summed E-state index contributed by atoms with van der Waals surface area (Å²) in [7, 11) is 0. The lowest BCUT2D eigenvalue weighted by Gasteiger charge is -2.08. The molecule has 0 spiro atoms. The molecule has 0 fully saturated rings. The van der Waals surface area contributed by atoms with Gasteiger partial charge in [0.25, 0.3) is 5.91 Å². The molecule has 0 bridgehead atoms. The molecule has 7 heteroatoms. The summed E-state index contributed by atoms with van der Waals surface area (Å²) in [6, 6.07) is 15.3. The van der Waals surface area contributed by atoms with Crippen LogP contribution in [0.5, 0.6) is 0 Å². The Balaban J connectivity index is 1.65.